The van der Waals surface area contributed by atoms with Crippen LogP contribution in [-0.2, 0) is 4.74 Å². The lowest BCUT2D eigenvalue weighted by Gasteiger charge is -2.31. The fourth-order valence-electron chi connectivity index (χ4n) is 3.30. The second-order valence-electron chi connectivity index (χ2n) is 7.62. The summed E-state index contributed by atoms with van der Waals surface area (Å²) in [5.74, 6) is 0.756. The first-order chi connectivity index (χ1) is 13.3. The van der Waals surface area contributed by atoms with Crippen molar-refractivity contribution >= 4 is 22.6 Å². The van der Waals surface area contributed by atoms with Gasteiger partial charge >= 0.3 is 0 Å². The second-order valence-corrected chi connectivity index (χ2v) is 7.62. The number of hydrogen-bond acceptors (Lipinski definition) is 2. The van der Waals surface area contributed by atoms with Gasteiger partial charge in [-0.05, 0) is 29.5 Å². The molecule has 0 aliphatic heterocycles. The van der Waals surface area contributed by atoms with Gasteiger partial charge in [0.15, 0.2) is 5.78 Å². The number of hydrogen-bond donors (Lipinski definition) is 0. The van der Waals surface area contributed by atoms with Gasteiger partial charge in [0, 0.05) is 10.9 Å². The maximum absolute atomic E-state index is 13.0. The average Bonchev–Trinajstić information content (AvgIpc) is 2.67. The van der Waals surface area contributed by atoms with Gasteiger partial charge in [0.25, 0.3) is 0 Å². The molecule has 3 rings (SSSR count). The van der Waals surface area contributed by atoms with Crippen molar-refractivity contribution in [1.82, 2.24) is 0 Å². The Morgan fingerprint density at radius 2 is 1.71 bits per heavy atom. The number of carbonyl (C=O) groups excluding carboxylic acids is 1. The quantitative estimate of drug-likeness (QED) is 0.355. The van der Waals surface area contributed by atoms with Gasteiger partial charge in [0.2, 0.25) is 0 Å². The van der Waals surface area contributed by atoms with Gasteiger partial charge in [-0.15, -0.1) is 0 Å². The van der Waals surface area contributed by atoms with Crippen molar-refractivity contribution in [2.45, 2.75) is 20.8 Å². The van der Waals surface area contributed by atoms with E-state index in [1.54, 1.807) is 0 Å². The molecule has 1 aliphatic rings. The van der Waals surface area contributed by atoms with E-state index in [2.05, 4.69) is 45.5 Å². The monoisotopic (exact) mass is 378 g/mol. The SMILES string of the molecule is C=C(C)C(=C)OCC[N+](C)(C)CC1=Cc2cccc3cccc(c23)C1=O.CC. The third-order valence-corrected chi connectivity index (χ3v) is 4.85. The Labute approximate surface area is 169 Å². The van der Waals surface area contributed by atoms with E-state index in [4.69, 9.17) is 4.74 Å². The van der Waals surface area contributed by atoms with Crippen LogP contribution in [0.2, 0.25) is 0 Å². The lowest BCUT2D eigenvalue weighted by molar-refractivity contribution is -0.885. The van der Waals surface area contributed by atoms with Crippen LogP contribution in [0, 0.1) is 0 Å². The predicted octanol–water partition coefficient (Wildman–Crippen LogP) is 5.63. The van der Waals surface area contributed by atoms with Crippen LogP contribution >= 0.6 is 0 Å². The molecule has 0 fully saturated rings. The minimum atomic E-state index is 0.132. The number of benzene rings is 2. The van der Waals surface area contributed by atoms with Crippen molar-refractivity contribution in [2.24, 2.45) is 0 Å². The number of carbonyl (C=O) groups is 1. The molecule has 0 bridgehead atoms. The first-order valence-electron chi connectivity index (χ1n) is 9.85. The fourth-order valence-corrected chi connectivity index (χ4v) is 3.30. The van der Waals surface area contributed by atoms with E-state index in [0.717, 1.165) is 39.6 Å². The van der Waals surface area contributed by atoms with E-state index in [1.807, 2.05) is 45.0 Å². The third-order valence-electron chi connectivity index (χ3n) is 4.85. The van der Waals surface area contributed by atoms with E-state index in [0.29, 0.717) is 23.4 Å². The Kier molecular flexibility index (Phi) is 6.98. The Balaban J connectivity index is 0.00000136. The third kappa shape index (κ3) is 4.79. The number of Topliss-reactive ketones (excluding diaryl/α,β-unsaturated/α-hetero) is 1. The van der Waals surface area contributed by atoms with Crippen molar-refractivity contribution in [3.05, 3.63) is 77.6 Å². The van der Waals surface area contributed by atoms with Crippen LogP contribution in [0.5, 0.6) is 0 Å². The molecular formula is C25H32NO2+. The van der Waals surface area contributed by atoms with Gasteiger partial charge in [-0.1, -0.05) is 63.4 Å². The van der Waals surface area contributed by atoms with E-state index >= 15 is 0 Å². The maximum Gasteiger partial charge on any atom is 0.195 e. The van der Waals surface area contributed by atoms with Gasteiger partial charge in [-0.2, -0.15) is 0 Å². The van der Waals surface area contributed by atoms with E-state index in [1.165, 1.54) is 0 Å². The summed E-state index contributed by atoms with van der Waals surface area (Å²) in [5.41, 5.74) is 3.62. The first kappa shape index (κ1) is 21.6. The zero-order chi connectivity index (χ0) is 20.9. The molecule has 0 atom stereocenters. The molecule has 1 aliphatic carbocycles. The average molecular weight is 379 g/mol. The molecule has 2 aromatic rings. The summed E-state index contributed by atoms with van der Waals surface area (Å²) in [4.78, 5) is 13.0. The Bertz CT molecular complexity index is 929. The molecule has 0 saturated heterocycles. The van der Waals surface area contributed by atoms with Gasteiger partial charge in [-0.3, -0.25) is 4.79 Å². The number of ether oxygens (including phenoxy) is 1. The highest BCUT2D eigenvalue weighted by Gasteiger charge is 2.27. The molecule has 0 unspecified atom stereocenters. The number of rotatable bonds is 7. The molecule has 0 N–H and O–H groups in total. The molecule has 2 aromatic carbocycles. The van der Waals surface area contributed by atoms with E-state index in [9.17, 15) is 4.79 Å². The highest BCUT2D eigenvalue weighted by atomic mass is 16.5. The fraction of sp³-hybridized carbons (Fsp3) is 0.320. The lowest BCUT2D eigenvalue weighted by atomic mass is 9.87. The van der Waals surface area contributed by atoms with Gasteiger partial charge in [0.1, 0.15) is 25.5 Å². The Hall–Kier alpha value is -2.65. The summed E-state index contributed by atoms with van der Waals surface area (Å²) in [6.07, 6.45) is 2.05. The summed E-state index contributed by atoms with van der Waals surface area (Å²) in [6, 6.07) is 12.1. The zero-order valence-corrected chi connectivity index (χ0v) is 17.8. The Morgan fingerprint density at radius 1 is 1.07 bits per heavy atom. The van der Waals surface area contributed by atoms with Crippen LogP contribution in [0.1, 0.15) is 36.7 Å². The van der Waals surface area contributed by atoms with Crippen LogP contribution in [0.15, 0.2) is 66.5 Å². The van der Waals surface area contributed by atoms with Crippen molar-refractivity contribution in [3.63, 3.8) is 0 Å². The number of likely N-dealkylation sites (N-methyl/N-ethyl adjacent to an activating group) is 1. The summed E-state index contributed by atoms with van der Waals surface area (Å²) in [6.45, 7) is 15.6. The predicted molar refractivity (Wildman–Crippen MR) is 119 cm³/mol. The van der Waals surface area contributed by atoms with Crippen LogP contribution in [0.25, 0.3) is 16.8 Å². The molecule has 0 spiro atoms. The molecule has 0 aromatic heterocycles. The molecule has 148 valence electrons. The standard InChI is InChI=1S/C23H26NO2.C2H6/c1-16(2)17(3)26-13-12-24(4,5)15-20-14-19-10-6-8-18-9-7-11-21(22(18)19)23(20)25;1-2/h6-11,14H,1,3,12-13,15H2,2,4-5H3;1-2H3/q+1;. The number of quaternary nitrogens is 1. The normalized spacial score (nSPS) is 12.8. The van der Waals surface area contributed by atoms with Crippen molar-refractivity contribution in [1.29, 1.82) is 0 Å². The summed E-state index contributed by atoms with van der Waals surface area (Å²) in [7, 11) is 4.23. The van der Waals surface area contributed by atoms with E-state index in [-0.39, 0.29) is 5.78 Å². The van der Waals surface area contributed by atoms with Gasteiger partial charge in [-0.25, -0.2) is 0 Å². The minimum Gasteiger partial charge on any atom is -0.488 e. The van der Waals surface area contributed by atoms with Gasteiger partial charge in [0.05, 0.1) is 19.7 Å². The highest BCUT2D eigenvalue weighted by molar-refractivity contribution is 6.22. The minimum absolute atomic E-state index is 0.132. The van der Waals surface area contributed by atoms with E-state index < -0.39 is 0 Å². The largest absolute Gasteiger partial charge is 0.488 e. The molecule has 0 heterocycles. The highest BCUT2D eigenvalue weighted by Crippen LogP contribution is 2.31. The molecular weight excluding hydrogens is 346 g/mol. The van der Waals surface area contributed by atoms with Crippen molar-refractivity contribution in [3.8, 4) is 0 Å². The molecule has 0 amide bonds. The Morgan fingerprint density at radius 3 is 2.36 bits per heavy atom. The summed E-state index contributed by atoms with van der Waals surface area (Å²) in [5, 5.41) is 2.18. The van der Waals surface area contributed by atoms with Crippen molar-refractivity contribution in [2.75, 3.05) is 33.8 Å². The molecule has 28 heavy (non-hydrogen) atoms. The number of nitrogens with zero attached hydrogens (tertiary/aromatic N) is 1. The smallest absolute Gasteiger partial charge is 0.195 e. The number of ketones is 1. The summed E-state index contributed by atoms with van der Waals surface area (Å²) >= 11 is 0. The topological polar surface area (TPSA) is 26.3 Å². The van der Waals surface area contributed by atoms with Crippen molar-refractivity contribution < 1.29 is 14.0 Å². The first-order valence-corrected chi connectivity index (χ1v) is 9.85. The van der Waals surface area contributed by atoms with Crippen LogP contribution in [-0.4, -0.2) is 44.1 Å². The molecule has 0 saturated carbocycles. The maximum atomic E-state index is 13.0. The van der Waals surface area contributed by atoms with Gasteiger partial charge < -0.3 is 9.22 Å². The van der Waals surface area contributed by atoms with Crippen LogP contribution < -0.4 is 0 Å². The summed E-state index contributed by atoms with van der Waals surface area (Å²) < 4.78 is 6.31. The van der Waals surface area contributed by atoms with Crippen LogP contribution in [0.3, 0.4) is 0 Å². The second kappa shape index (κ2) is 9.03. The zero-order valence-electron chi connectivity index (χ0n) is 17.8. The number of allylic oxidation sites excluding steroid dienone is 1. The van der Waals surface area contributed by atoms with Crippen LogP contribution in [0.4, 0.5) is 0 Å². The molecule has 3 nitrogen and oxygen atoms in total. The lowest BCUT2D eigenvalue weighted by Crippen LogP contribution is -2.44. The molecule has 3 heteroatoms. The molecule has 0 radical (unpaired) electrons.